The third-order valence-electron chi connectivity index (χ3n) is 2.19. The van der Waals surface area contributed by atoms with Gasteiger partial charge < -0.3 is 10.6 Å². The third-order valence-corrected chi connectivity index (χ3v) is 2.19. The maximum absolute atomic E-state index is 13.6. The number of carbonyl (C=O) groups is 1. The Balaban J connectivity index is 2.96. The third kappa shape index (κ3) is 3.41. The molecule has 0 aliphatic rings. The molecule has 0 aromatic heterocycles. The average molecular weight is 242 g/mol. The number of halogens is 2. The number of rotatable bonds is 5. The van der Waals surface area contributed by atoms with Gasteiger partial charge in [-0.15, -0.1) is 0 Å². The van der Waals surface area contributed by atoms with E-state index >= 15 is 0 Å². The molecule has 1 aromatic rings. The number of anilines is 1. The van der Waals surface area contributed by atoms with Crippen LogP contribution >= 0.6 is 0 Å². The van der Waals surface area contributed by atoms with Crippen LogP contribution in [0, 0.1) is 11.6 Å². The summed E-state index contributed by atoms with van der Waals surface area (Å²) in [6.45, 7) is 4.53. The number of carbonyl (C=O) groups excluding carboxylic acids is 1. The lowest BCUT2D eigenvalue weighted by Gasteiger charge is -2.09. The van der Waals surface area contributed by atoms with Crippen LogP contribution < -0.4 is 10.6 Å². The topological polar surface area (TPSA) is 41.1 Å². The Labute approximate surface area is 99.2 Å². The van der Waals surface area contributed by atoms with E-state index in [1.165, 1.54) is 0 Å². The van der Waals surface area contributed by atoms with E-state index in [0.717, 1.165) is 18.6 Å². The predicted octanol–water partition coefficient (Wildman–Crippen LogP) is 2.54. The van der Waals surface area contributed by atoms with Crippen LogP contribution in [-0.2, 0) is 0 Å². The molecule has 0 unspecified atom stereocenters. The van der Waals surface area contributed by atoms with Crippen molar-refractivity contribution in [2.24, 2.45) is 0 Å². The van der Waals surface area contributed by atoms with Crippen molar-refractivity contribution < 1.29 is 13.6 Å². The number of amides is 1. The van der Waals surface area contributed by atoms with Crippen molar-refractivity contribution in [2.45, 2.75) is 20.3 Å². The van der Waals surface area contributed by atoms with Crippen molar-refractivity contribution in [3.8, 4) is 0 Å². The van der Waals surface area contributed by atoms with Crippen molar-refractivity contribution in [1.29, 1.82) is 0 Å². The van der Waals surface area contributed by atoms with Crippen LogP contribution in [0.5, 0.6) is 0 Å². The zero-order chi connectivity index (χ0) is 12.8. The quantitative estimate of drug-likeness (QED) is 0.833. The fourth-order valence-electron chi connectivity index (χ4n) is 1.39. The molecule has 0 aliphatic carbocycles. The van der Waals surface area contributed by atoms with E-state index in [1.54, 1.807) is 6.92 Å². The van der Waals surface area contributed by atoms with E-state index < -0.39 is 17.5 Å². The highest BCUT2D eigenvalue weighted by Gasteiger charge is 2.14. The fraction of sp³-hybridized carbons (Fsp3) is 0.417. The van der Waals surface area contributed by atoms with Crippen molar-refractivity contribution in [3.63, 3.8) is 0 Å². The van der Waals surface area contributed by atoms with Gasteiger partial charge in [-0.2, -0.15) is 0 Å². The van der Waals surface area contributed by atoms with Gasteiger partial charge in [0.25, 0.3) is 5.91 Å². The Bertz CT molecular complexity index is 384. The van der Waals surface area contributed by atoms with Crippen LogP contribution in [0.15, 0.2) is 12.1 Å². The van der Waals surface area contributed by atoms with Crippen LogP contribution in [0.3, 0.4) is 0 Å². The molecule has 0 saturated carbocycles. The molecule has 0 bridgehead atoms. The van der Waals surface area contributed by atoms with Gasteiger partial charge in [-0.05, 0) is 25.5 Å². The van der Waals surface area contributed by atoms with E-state index in [2.05, 4.69) is 10.6 Å². The first kappa shape index (κ1) is 13.4. The van der Waals surface area contributed by atoms with E-state index in [4.69, 9.17) is 0 Å². The molecule has 0 saturated heterocycles. The molecule has 5 heteroatoms. The lowest BCUT2D eigenvalue weighted by molar-refractivity contribution is 0.0955. The fourth-order valence-corrected chi connectivity index (χ4v) is 1.39. The van der Waals surface area contributed by atoms with Gasteiger partial charge in [0, 0.05) is 18.7 Å². The minimum atomic E-state index is -0.750. The van der Waals surface area contributed by atoms with Gasteiger partial charge in [-0.25, -0.2) is 8.78 Å². The monoisotopic (exact) mass is 242 g/mol. The van der Waals surface area contributed by atoms with Crippen LogP contribution in [0.4, 0.5) is 14.5 Å². The Morgan fingerprint density at radius 3 is 2.29 bits per heavy atom. The molecule has 0 fully saturated rings. The largest absolute Gasteiger partial charge is 0.380 e. The molecule has 0 aliphatic heterocycles. The molecule has 2 N–H and O–H groups in total. The molecule has 0 atom stereocenters. The summed E-state index contributed by atoms with van der Waals surface area (Å²) in [5.41, 5.74) is -0.191. The average Bonchev–Trinajstić information content (AvgIpc) is 2.28. The second kappa shape index (κ2) is 6.18. The van der Waals surface area contributed by atoms with Crippen LogP contribution in [-0.4, -0.2) is 19.0 Å². The zero-order valence-corrected chi connectivity index (χ0v) is 9.94. The van der Waals surface area contributed by atoms with E-state index in [-0.39, 0.29) is 11.3 Å². The van der Waals surface area contributed by atoms with E-state index in [1.807, 2.05) is 6.92 Å². The van der Waals surface area contributed by atoms with Gasteiger partial charge in [-0.1, -0.05) is 6.92 Å². The second-order valence-corrected chi connectivity index (χ2v) is 3.60. The molecule has 0 heterocycles. The lowest BCUT2D eigenvalue weighted by atomic mass is 10.1. The summed E-state index contributed by atoms with van der Waals surface area (Å²) in [6.07, 6.45) is 0.761. The number of benzene rings is 1. The first-order valence-corrected chi connectivity index (χ1v) is 5.61. The summed E-state index contributed by atoms with van der Waals surface area (Å²) in [5.74, 6) is -1.98. The molecule has 0 spiro atoms. The van der Waals surface area contributed by atoms with Crippen LogP contribution in [0.25, 0.3) is 0 Å². The van der Waals surface area contributed by atoms with Crippen molar-refractivity contribution in [3.05, 3.63) is 29.3 Å². The minimum Gasteiger partial charge on any atom is -0.380 e. The SMILES string of the molecule is CCCNc1c(F)cc(C(=O)NCC)cc1F. The van der Waals surface area contributed by atoms with Gasteiger partial charge in [0.05, 0.1) is 0 Å². The van der Waals surface area contributed by atoms with Crippen molar-refractivity contribution in [2.75, 3.05) is 18.4 Å². The summed E-state index contributed by atoms with van der Waals surface area (Å²) in [4.78, 5) is 11.4. The molecule has 94 valence electrons. The Kier molecular flexibility index (Phi) is 4.87. The summed E-state index contributed by atoms with van der Waals surface area (Å²) in [6, 6.07) is 2.07. The molecular formula is C12H16F2N2O. The highest BCUT2D eigenvalue weighted by molar-refractivity contribution is 5.94. The molecular weight excluding hydrogens is 226 g/mol. The molecule has 1 aromatic carbocycles. The lowest BCUT2D eigenvalue weighted by Crippen LogP contribution is -2.23. The molecule has 0 radical (unpaired) electrons. The van der Waals surface area contributed by atoms with E-state index in [0.29, 0.717) is 13.1 Å². The zero-order valence-electron chi connectivity index (χ0n) is 9.94. The Morgan fingerprint density at radius 2 is 1.82 bits per heavy atom. The first-order chi connectivity index (χ1) is 8.10. The molecule has 3 nitrogen and oxygen atoms in total. The molecule has 1 amide bonds. The van der Waals surface area contributed by atoms with Crippen molar-refractivity contribution in [1.82, 2.24) is 5.32 Å². The summed E-state index contributed by atoms with van der Waals surface area (Å²) in [7, 11) is 0. The maximum Gasteiger partial charge on any atom is 0.251 e. The Hall–Kier alpha value is -1.65. The highest BCUT2D eigenvalue weighted by atomic mass is 19.1. The van der Waals surface area contributed by atoms with E-state index in [9.17, 15) is 13.6 Å². The number of hydrogen-bond donors (Lipinski definition) is 2. The van der Waals surface area contributed by atoms with Gasteiger partial charge in [-0.3, -0.25) is 4.79 Å². The van der Waals surface area contributed by atoms with Crippen LogP contribution in [0.2, 0.25) is 0 Å². The number of nitrogens with one attached hydrogen (secondary N) is 2. The Morgan fingerprint density at radius 1 is 1.24 bits per heavy atom. The van der Waals surface area contributed by atoms with Crippen molar-refractivity contribution >= 4 is 11.6 Å². The van der Waals surface area contributed by atoms with Gasteiger partial charge >= 0.3 is 0 Å². The normalized spacial score (nSPS) is 10.1. The highest BCUT2D eigenvalue weighted by Crippen LogP contribution is 2.20. The summed E-state index contributed by atoms with van der Waals surface area (Å²) < 4.78 is 27.1. The maximum atomic E-state index is 13.6. The minimum absolute atomic E-state index is 0.0103. The molecule has 17 heavy (non-hydrogen) atoms. The smallest absolute Gasteiger partial charge is 0.251 e. The number of hydrogen-bond acceptors (Lipinski definition) is 2. The van der Waals surface area contributed by atoms with Gasteiger partial charge in [0.1, 0.15) is 17.3 Å². The predicted molar refractivity (Wildman–Crippen MR) is 63.1 cm³/mol. The van der Waals surface area contributed by atoms with Gasteiger partial charge in [0.2, 0.25) is 0 Å². The summed E-state index contributed by atoms with van der Waals surface area (Å²) in [5, 5.41) is 5.13. The first-order valence-electron chi connectivity index (χ1n) is 5.61. The molecule has 1 rings (SSSR count). The standard InChI is InChI=1S/C12H16F2N2O/c1-3-5-16-11-9(13)6-8(7-10(11)14)12(17)15-4-2/h6-7,16H,3-5H2,1-2H3,(H,15,17). The second-order valence-electron chi connectivity index (χ2n) is 3.60. The van der Waals surface area contributed by atoms with Crippen LogP contribution in [0.1, 0.15) is 30.6 Å². The van der Waals surface area contributed by atoms with Gasteiger partial charge in [0.15, 0.2) is 0 Å². The summed E-state index contributed by atoms with van der Waals surface area (Å²) >= 11 is 0.